The molecular weight excluding hydrogens is 196 g/mol. The quantitative estimate of drug-likeness (QED) is 0.580. The van der Waals surface area contributed by atoms with Gasteiger partial charge in [0.2, 0.25) is 0 Å². The third-order valence-electron chi connectivity index (χ3n) is 2.08. The molecule has 15 heavy (non-hydrogen) atoms. The molecule has 0 saturated carbocycles. The topological polar surface area (TPSA) is 89.4 Å². The van der Waals surface area contributed by atoms with Gasteiger partial charge in [0.05, 0.1) is 11.0 Å². The Morgan fingerprint density at radius 2 is 2.00 bits per heavy atom. The number of aliphatic hydroxyl groups excluding tert-OH is 1. The van der Waals surface area contributed by atoms with E-state index in [2.05, 4.69) is 0 Å². The van der Waals surface area contributed by atoms with Crippen LogP contribution in [0.3, 0.4) is 0 Å². The highest BCUT2D eigenvalue weighted by molar-refractivity contribution is 5.33. The predicted molar refractivity (Wildman–Crippen MR) is 56.3 cm³/mol. The first kappa shape index (κ1) is 11.6. The molecule has 2 atom stereocenters. The Bertz CT molecular complexity index is 335. The van der Waals surface area contributed by atoms with Gasteiger partial charge in [-0.2, -0.15) is 0 Å². The first-order valence-electron chi connectivity index (χ1n) is 4.68. The molecule has 0 aliphatic rings. The number of rotatable bonds is 4. The van der Waals surface area contributed by atoms with Crippen molar-refractivity contribution in [3.05, 3.63) is 39.9 Å². The molecular formula is C10H14N2O3. The van der Waals surface area contributed by atoms with E-state index < -0.39 is 11.0 Å². The van der Waals surface area contributed by atoms with Gasteiger partial charge in [0.15, 0.2) is 0 Å². The highest BCUT2D eigenvalue weighted by Crippen LogP contribution is 2.20. The molecule has 0 amide bonds. The first-order chi connectivity index (χ1) is 7.00. The smallest absolute Gasteiger partial charge is 0.269 e. The van der Waals surface area contributed by atoms with Crippen molar-refractivity contribution in [3.8, 4) is 0 Å². The summed E-state index contributed by atoms with van der Waals surface area (Å²) in [7, 11) is 0. The Kier molecular flexibility index (Phi) is 3.76. The van der Waals surface area contributed by atoms with Crippen LogP contribution in [0.5, 0.6) is 0 Å². The number of nitrogens with zero attached hydrogens (tertiary/aromatic N) is 1. The van der Waals surface area contributed by atoms with Crippen LogP contribution in [0.1, 0.15) is 25.0 Å². The second-order valence-electron chi connectivity index (χ2n) is 3.58. The maximum absolute atomic E-state index is 10.4. The molecule has 0 spiro atoms. The lowest BCUT2D eigenvalue weighted by Gasteiger charge is -2.12. The molecule has 2 unspecified atom stereocenters. The van der Waals surface area contributed by atoms with E-state index >= 15 is 0 Å². The maximum Gasteiger partial charge on any atom is 0.269 e. The SMILES string of the molecule is CC(N)CC(O)c1ccc([N+](=O)[O-])cc1. The summed E-state index contributed by atoms with van der Waals surface area (Å²) in [5, 5.41) is 20.1. The van der Waals surface area contributed by atoms with Crippen molar-refractivity contribution in [2.45, 2.75) is 25.5 Å². The molecule has 1 rings (SSSR count). The van der Waals surface area contributed by atoms with E-state index in [-0.39, 0.29) is 11.7 Å². The van der Waals surface area contributed by atoms with Crippen molar-refractivity contribution in [1.29, 1.82) is 0 Å². The Morgan fingerprint density at radius 1 is 1.47 bits per heavy atom. The molecule has 0 aromatic heterocycles. The number of aliphatic hydroxyl groups is 1. The minimum absolute atomic E-state index is 0.0201. The van der Waals surface area contributed by atoms with Gasteiger partial charge in [-0.05, 0) is 31.0 Å². The Labute approximate surface area is 87.7 Å². The molecule has 0 fully saturated rings. The Hall–Kier alpha value is -1.46. The summed E-state index contributed by atoms with van der Waals surface area (Å²) < 4.78 is 0. The number of nitro groups is 1. The normalized spacial score (nSPS) is 14.6. The fourth-order valence-corrected chi connectivity index (χ4v) is 1.31. The van der Waals surface area contributed by atoms with Crippen molar-refractivity contribution in [1.82, 2.24) is 0 Å². The van der Waals surface area contributed by atoms with Gasteiger partial charge in [0.25, 0.3) is 5.69 Å². The summed E-state index contributed by atoms with van der Waals surface area (Å²) in [6, 6.07) is 5.74. The molecule has 0 aliphatic heterocycles. The third kappa shape index (κ3) is 3.30. The van der Waals surface area contributed by atoms with E-state index in [1.807, 2.05) is 0 Å². The van der Waals surface area contributed by atoms with E-state index in [0.29, 0.717) is 12.0 Å². The monoisotopic (exact) mass is 210 g/mol. The van der Waals surface area contributed by atoms with Crippen molar-refractivity contribution in [3.63, 3.8) is 0 Å². The summed E-state index contributed by atoms with van der Waals surface area (Å²) in [6.45, 7) is 1.80. The lowest BCUT2D eigenvalue weighted by atomic mass is 10.0. The number of nitro benzene ring substituents is 1. The van der Waals surface area contributed by atoms with Crippen LogP contribution in [0.2, 0.25) is 0 Å². The van der Waals surface area contributed by atoms with Crippen LogP contribution >= 0.6 is 0 Å². The standard InChI is InChI=1S/C10H14N2O3/c1-7(11)6-10(13)8-2-4-9(5-3-8)12(14)15/h2-5,7,10,13H,6,11H2,1H3. The van der Waals surface area contributed by atoms with Gasteiger partial charge >= 0.3 is 0 Å². The zero-order valence-corrected chi connectivity index (χ0v) is 8.46. The average molecular weight is 210 g/mol. The Morgan fingerprint density at radius 3 is 2.40 bits per heavy atom. The third-order valence-corrected chi connectivity index (χ3v) is 2.08. The molecule has 1 aromatic rings. The van der Waals surface area contributed by atoms with E-state index in [0.717, 1.165) is 0 Å². The van der Waals surface area contributed by atoms with Crippen molar-refractivity contribution >= 4 is 5.69 Å². The Balaban J connectivity index is 2.75. The van der Waals surface area contributed by atoms with E-state index in [1.54, 1.807) is 19.1 Å². The van der Waals surface area contributed by atoms with Gasteiger partial charge in [-0.25, -0.2) is 0 Å². The van der Waals surface area contributed by atoms with Crippen LogP contribution in [0, 0.1) is 10.1 Å². The summed E-state index contributed by atoms with van der Waals surface area (Å²) >= 11 is 0. The van der Waals surface area contributed by atoms with Crippen molar-refractivity contribution < 1.29 is 10.0 Å². The molecule has 1 aromatic carbocycles. The van der Waals surface area contributed by atoms with Gasteiger partial charge in [-0.3, -0.25) is 10.1 Å². The van der Waals surface area contributed by atoms with Crippen LogP contribution in [0.25, 0.3) is 0 Å². The van der Waals surface area contributed by atoms with Gasteiger partial charge in [0.1, 0.15) is 0 Å². The van der Waals surface area contributed by atoms with Crippen molar-refractivity contribution in [2.24, 2.45) is 5.73 Å². The molecule has 5 nitrogen and oxygen atoms in total. The second-order valence-corrected chi connectivity index (χ2v) is 3.58. The van der Waals surface area contributed by atoms with E-state index in [1.165, 1.54) is 12.1 Å². The number of benzene rings is 1. The minimum atomic E-state index is -0.661. The molecule has 82 valence electrons. The van der Waals surface area contributed by atoms with Crippen LogP contribution < -0.4 is 5.73 Å². The number of nitrogens with two attached hydrogens (primary N) is 1. The lowest BCUT2D eigenvalue weighted by molar-refractivity contribution is -0.384. The van der Waals surface area contributed by atoms with Gasteiger partial charge in [-0.15, -0.1) is 0 Å². The summed E-state index contributed by atoms with van der Waals surface area (Å²) in [5.41, 5.74) is 6.21. The summed E-state index contributed by atoms with van der Waals surface area (Å²) in [4.78, 5) is 9.91. The minimum Gasteiger partial charge on any atom is -0.388 e. The molecule has 0 aliphatic carbocycles. The fraction of sp³-hybridized carbons (Fsp3) is 0.400. The molecule has 0 bridgehead atoms. The van der Waals surface area contributed by atoms with Gasteiger partial charge in [-0.1, -0.05) is 0 Å². The average Bonchev–Trinajstić information content (AvgIpc) is 2.17. The van der Waals surface area contributed by atoms with Crippen LogP contribution in [-0.4, -0.2) is 16.1 Å². The zero-order chi connectivity index (χ0) is 11.4. The predicted octanol–water partition coefficient (Wildman–Crippen LogP) is 1.37. The zero-order valence-electron chi connectivity index (χ0n) is 8.46. The van der Waals surface area contributed by atoms with E-state index in [4.69, 9.17) is 5.73 Å². The van der Waals surface area contributed by atoms with E-state index in [9.17, 15) is 15.2 Å². The molecule has 3 N–H and O–H groups in total. The first-order valence-corrected chi connectivity index (χ1v) is 4.68. The van der Waals surface area contributed by atoms with Crippen LogP contribution in [0.15, 0.2) is 24.3 Å². The van der Waals surface area contributed by atoms with Gasteiger partial charge < -0.3 is 10.8 Å². The lowest BCUT2D eigenvalue weighted by Crippen LogP contribution is -2.18. The largest absolute Gasteiger partial charge is 0.388 e. The number of hydrogen-bond donors (Lipinski definition) is 2. The number of hydrogen-bond acceptors (Lipinski definition) is 4. The molecule has 0 radical (unpaired) electrons. The highest BCUT2D eigenvalue weighted by atomic mass is 16.6. The maximum atomic E-state index is 10.4. The van der Waals surface area contributed by atoms with Crippen molar-refractivity contribution in [2.75, 3.05) is 0 Å². The molecule has 5 heteroatoms. The van der Waals surface area contributed by atoms with Gasteiger partial charge in [0, 0.05) is 18.2 Å². The molecule has 0 heterocycles. The highest BCUT2D eigenvalue weighted by Gasteiger charge is 2.11. The number of non-ortho nitro benzene ring substituents is 1. The van der Waals surface area contributed by atoms with Crippen LogP contribution in [-0.2, 0) is 0 Å². The second kappa shape index (κ2) is 4.86. The van der Waals surface area contributed by atoms with Crippen LogP contribution in [0.4, 0.5) is 5.69 Å². The molecule has 0 saturated heterocycles. The fourth-order valence-electron chi connectivity index (χ4n) is 1.31. The summed E-state index contributed by atoms with van der Waals surface area (Å²) in [6.07, 6.45) is -0.219. The summed E-state index contributed by atoms with van der Waals surface area (Å²) in [5.74, 6) is 0.